The standard InChI is InChI=1S/C24H27ClF3N7O3/c25-15-11-29-23(30-12-15)34-8-6-33(7-9-34)19(36)10-14-3-4-16(21(14)37)17-2-1-5-35(17)18-13-31-32-22(38)20(18)24(26,27)28/h11-14,16-17H,1-10H2,(H,32,38)/t14-,16-,17+/m1/s1. The third-order valence-electron chi connectivity index (χ3n) is 7.73. The fourth-order valence-electron chi connectivity index (χ4n) is 5.91. The molecule has 2 saturated heterocycles. The average Bonchev–Trinajstić information content (AvgIpc) is 3.50. The minimum Gasteiger partial charge on any atom is -0.366 e. The number of amides is 1. The smallest absolute Gasteiger partial charge is 0.366 e. The number of nitrogens with zero attached hydrogens (tertiary/aromatic N) is 6. The van der Waals surface area contributed by atoms with Crippen LogP contribution in [0.2, 0.25) is 5.02 Å². The third kappa shape index (κ3) is 5.20. The lowest BCUT2D eigenvalue weighted by atomic mass is 9.91. The number of ketones is 1. The predicted octanol–water partition coefficient (Wildman–Crippen LogP) is 2.54. The van der Waals surface area contributed by atoms with Crippen molar-refractivity contribution in [3.63, 3.8) is 0 Å². The first kappa shape index (κ1) is 26.4. The van der Waals surface area contributed by atoms with Gasteiger partial charge in [-0.2, -0.15) is 18.3 Å². The van der Waals surface area contributed by atoms with Gasteiger partial charge in [0.15, 0.2) is 0 Å². The van der Waals surface area contributed by atoms with Crippen LogP contribution in [0.3, 0.4) is 0 Å². The van der Waals surface area contributed by atoms with E-state index in [1.807, 2.05) is 10.00 Å². The normalized spacial score (nSPS) is 24.4. The van der Waals surface area contributed by atoms with E-state index in [2.05, 4.69) is 15.1 Å². The summed E-state index contributed by atoms with van der Waals surface area (Å²) in [7, 11) is 0. The van der Waals surface area contributed by atoms with E-state index in [0.29, 0.717) is 69.4 Å². The van der Waals surface area contributed by atoms with Crippen molar-refractivity contribution in [3.8, 4) is 0 Å². The molecule has 0 unspecified atom stereocenters. The molecule has 38 heavy (non-hydrogen) atoms. The van der Waals surface area contributed by atoms with Gasteiger partial charge in [0.25, 0.3) is 5.56 Å². The van der Waals surface area contributed by atoms with E-state index in [1.165, 1.54) is 17.3 Å². The lowest BCUT2D eigenvalue weighted by molar-refractivity contribution is -0.138. The number of carbonyl (C=O) groups is 2. The number of Topliss-reactive ketones (excluding diaryl/α,β-unsaturated/α-hetero) is 1. The van der Waals surface area contributed by atoms with Crippen LogP contribution >= 0.6 is 11.6 Å². The van der Waals surface area contributed by atoms with Crippen LogP contribution in [0.4, 0.5) is 24.8 Å². The summed E-state index contributed by atoms with van der Waals surface area (Å²) in [5.74, 6) is -0.612. The average molecular weight is 554 g/mol. The Balaban J connectivity index is 1.21. The van der Waals surface area contributed by atoms with Crippen LogP contribution in [-0.2, 0) is 15.8 Å². The summed E-state index contributed by atoms with van der Waals surface area (Å²) in [6.45, 7) is 2.35. The molecule has 3 fully saturated rings. The molecule has 5 rings (SSSR count). The molecule has 10 nitrogen and oxygen atoms in total. The molecule has 1 aliphatic carbocycles. The van der Waals surface area contributed by atoms with Crippen molar-refractivity contribution >= 4 is 34.9 Å². The third-order valence-corrected chi connectivity index (χ3v) is 7.92. The quantitative estimate of drug-likeness (QED) is 0.601. The number of hydrogen-bond acceptors (Lipinski definition) is 8. The monoisotopic (exact) mass is 553 g/mol. The zero-order chi connectivity index (χ0) is 27.0. The van der Waals surface area contributed by atoms with E-state index >= 15 is 0 Å². The molecule has 2 aromatic heterocycles. The highest BCUT2D eigenvalue weighted by atomic mass is 35.5. The molecule has 0 radical (unpaired) electrons. The molecule has 2 aliphatic heterocycles. The van der Waals surface area contributed by atoms with Crippen molar-refractivity contribution in [3.05, 3.63) is 39.5 Å². The lowest BCUT2D eigenvalue weighted by Gasteiger charge is -2.35. The maximum absolute atomic E-state index is 13.7. The molecule has 204 valence electrons. The summed E-state index contributed by atoms with van der Waals surface area (Å²) in [4.78, 5) is 52.0. The van der Waals surface area contributed by atoms with Gasteiger partial charge < -0.3 is 14.7 Å². The minimum absolute atomic E-state index is 0.0832. The number of H-pyrrole nitrogens is 1. The van der Waals surface area contributed by atoms with E-state index in [4.69, 9.17) is 11.6 Å². The van der Waals surface area contributed by atoms with Crippen LogP contribution in [0.5, 0.6) is 0 Å². The Labute approximate surface area is 221 Å². The minimum atomic E-state index is -4.85. The number of nitrogens with one attached hydrogen (secondary N) is 1. The molecule has 1 N–H and O–H groups in total. The number of rotatable bonds is 5. The largest absolute Gasteiger partial charge is 0.423 e. The number of aromatic amines is 1. The van der Waals surface area contributed by atoms with Gasteiger partial charge in [-0.25, -0.2) is 15.1 Å². The Kier molecular flexibility index (Phi) is 7.30. The first-order valence-electron chi connectivity index (χ1n) is 12.6. The molecule has 0 aromatic carbocycles. The van der Waals surface area contributed by atoms with Crippen LogP contribution in [0.25, 0.3) is 0 Å². The van der Waals surface area contributed by atoms with E-state index in [1.54, 1.807) is 4.90 Å². The SMILES string of the molecule is O=C1[C@@H](CC(=O)N2CCN(c3ncc(Cl)cn3)CC2)CC[C@@H]1[C@@H]1CCCN1c1cn[nH]c(=O)c1C(F)(F)F. The van der Waals surface area contributed by atoms with Gasteiger partial charge in [-0.05, 0) is 25.7 Å². The van der Waals surface area contributed by atoms with Crippen LogP contribution in [-0.4, -0.2) is 75.5 Å². The van der Waals surface area contributed by atoms with Gasteiger partial charge in [0, 0.05) is 57.0 Å². The van der Waals surface area contributed by atoms with Crippen LogP contribution in [0.1, 0.15) is 37.7 Å². The van der Waals surface area contributed by atoms with Crippen molar-refractivity contribution in [2.24, 2.45) is 11.8 Å². The van der Waals surface area contributed by atoms with E-state index in [0.717, 1.165) is 6.20 Å². The summed E-state index contributed by atoms with van der Waals surface area (Å²) in [5.41, 5.74) is -2.89. The molecular weight excluding hydrogens is 527 g/mol. The number of anilines is 2. The Morgan fingerprint density at radius 1 is 1.03 bits per heavy atom. The molecule has 2 aromatic rings. The van der Waals surface area contributed by atoms with Gasteiger partial charge in [-0.1, -0.05) is 11.6 Å². The predicted molar refractivity (Wildman–Crippen MR) is 132 cm³/mol. The highest BCUT2D eigenvalue weighted by Gasteiger charge is 2.46. The van der Waals surface area contributed by atoms with Crippen molar-refractivity contribution in [1.29, 1.82) is 0 Å². The Morgan fingerprint density at radius 3 is 2.42 bits per heavy atom. The van der Waals surface area contributed by atoms with Crippen LogP contribution < -0.4 is 15.4 Å². The zero-order valence-electron chi connectivity index (χ0n) is 20.5. The lowest BCUT2D eigenvalue weighted by Crippen LogP contribution is -2.49. The van der Waals surface area contributed by atoms with Crippen molar-refractivity contribution in [2.75, 3.05) is 42.5 Å². The summed E-state index contributed by atoms with van der Waals surface area (Å²) in [6.07, 6.45) is 1.43. The second-order valence-electron chi connectivity index (χ2n) is 9.92. The molecule has 0 bridgehead atoms. The second kappa shape index (κ2) is 10.5. The van der Waals surface area contributed by atoms with Gasteiger partial charge in [0.2, 0.25) is 11.9 Å². The topological polar surface area (TPSA) is 115 Å². The highest BCUT2D eigenvalue weighted by molar-refractivity contribution is 6.30. The van der Waals surface area contributed by atoms with Gasteiger partial charge >= 0.3 is 6.18 Å². The summed E-state index contributed by atoms with van der Waals surface area (Å²) < 4.78 is 41.0. The molecule has 3 atom stereocenters. The maximum atomic E-state index is 13.7. The number of halogens is 4. The Hall–Kier alpha value is -3.22. The first-order valence-corrected chi connectivity index (χ1v) is 13.0. The van der Waals surface area contributed by atoms with E-state index in [9.17, 15) is 27.6 Å². The van der Waals surface area contributed by atoms with Crippen LogP contribution in [0.15, 0.2) is 23.4 Å². The van der Waals surface area contributed by atoms with Crippen molar-refractivity contribution in [1.82, 2.24) is 25.1 Å². The number of carbonyl (C=O) groups excluding carboxylic acids is 2. The molecule has 1 saturated carbocycles. The van der Waals surface area contributed by atoms with Gasteiger partial charge in [-0.15, -0.1) is 0 Å². The number of aromatic nitrogens is 4. The second-order valence-corrected chi connectivity index (χ2v) is 10.4. The van der Waals surface area contributed by atoms with Crippen molar-refractivity contribution < 1.29 is 22.8 Å². The van der Waals surface area contributed by atoms with E-state index in [-0.39, 0.29) is 23.8 Å². The molecule has 1 amide bonds. The van der Waals surface area contributed by atoms with Crippen molar-refractivity contribution in [2.45, 2.75) is 44.3 Å². The number of piperazine rings is 1. The summed E-state index contributed by atoms with van der Waals surface area (Å²) in [6, 6.07) is -0.463. The molecule has 0 spiro atoms. The number of hydrogen-bond donors (Lipinski definition) is 1. The van der Waals surface area contributed by atoms with Gasteiger partial charge in [0.1, 0.15) is 11.3 Å². The van der Waals surface area contributed by atoms with Gasteiger partial charge in [0.05, 0.1) is 29.3 Å². The van der Waals surface area contributed by atoms with Gasteiger partial charge in [-0.3, -0.25) is 14.4 Å². The summed E-state index contributed by atoms with van der Waals surface area (Å²) >= 11 is 5.84. The van der Waals surface area contributed by atoms with E-state index < -0.39 is 35.2 Å². The zero-order valence-corrected chi connectivity index (χ0v) is 21.2. The molecule has 3 aliphatic rings. The molecular formula is C24H27ClF3N7O3. The fraction of sp³-hybridized carbons (Fsp3) is 0.583. The fourth-order valence-corrected chi connectivity index (χ4v) is 6.01. The maximum Gasteiger partial charge on any atom is 0.423 e. The number of alkyl halides is 3. The first-order chi connectivity index (χ1) is 18.1. The Morgan fingerprint density at radius 2 is 1.74 bits per heavy atom. The highest BCUT2D eigenvalue weighted by Crippen LogP contribution is 2.42. The molecule has 4 heterocycles. The molecule has 14 heteroatoms. The Bertz CT molecular complexity index is 1250. The van der Waals surface area contributed by atoms with Crippen LogP contribution in [0, 0.1) is 11.8 Å². The summed E-state index contributed by atoms with van der Waals surface area (Å²) in [5, 5.41) is 5.89.